The van der Waals surface area contributed by atoms with Gasteiger partial charge in [-0.25, -0.2) is 0 Å². The van der Waals surface area contributed by atoms with Gasteiger partial charge < -0.3 is 20.7 Å². The van der Waals surface area contributed by atoms with Crippen LogP contribution in [-0.4, -0.2) is 31.5 Å². The lowest BCUT2D eigenvalue weighted by Crippen LogP contribution is -2.49. The summed E-state index contributed by atoms with van der Waals surface area (Å²) in [5.74, 6) is 0.282. The highest BCUT2D eigenvalue weighted by Crippen LogP contribution is 2.16. The van der Waals surface area contributed by atoms with Crippen LogP contribution in [0.15, 0.2) is 48.5 Å². The third-order valence-corrected chi connectivity index (χ3v) is 4.19. The van der Waals surface area contributed by atoms with Gasteiger partial charge in [0.2, 0.25) is 11.8 Å². The summed E-state index contributed by atoms with van der Waals surface area (Å²) in [6.45, 7) is 0.594. The van der Waals surface area contributed by atoms with E-state index >= 15 is 0 Å². The van der Waals surface area contributed by atoms with Crippen molar-refractivity contribution in [3.05, 3.63) is 59.7 Å². The molecule has 6 nitrogen and oxygen atoms in total. The van der Waals surface area contributed by atoms with E-state index in [1.165, 1.54) is 11.1 Å². The summed E-state index contributed by atoms with van der Waals surface area (Å²) in [7, 11) is 1.58. The number of benzene rings is 2. The highest BCUT2D eigenvalue weighted by molar-refractivity contribution is 5.95. The first-order valence-electron chi connectivity index (χ1n) is 8.17. The van der Waals surface area contributed by atoms with Gasteiger partial charge >= 0.3 is 0 Å². The molecule has 3 N–H and O–H groups in total. The van der Waals surface area contributed by atoms with Crippen molar-refractivity contribution in [2.75, 3.05) is 19.0 Å². The Hall–Kier alpha value is -2.57. The maximum Gasteiger partial charge on any atom is 0.243 e. The molecular weight excluding hydrogens is 354 g/mol. The molecule has 26 heavy (non-hydrogen) atoms. The summed E-state index contributed by atoms with van der Waals surface area (Å²) in [5.41, 5.74) is 3.04. The minimum absolute atomic E-state index is 0. The first-order chi connectivity index (χ1) is 12.2. The van der Waals surface area contributed by atoms with Crippen LogP contribution in [0, 0.1) is 0 Å². The SMILES string of the molecule is COc1ccc(NC(=O)CNC(=O)[C@@H]2Cc3ccccc3CN2)cc1.Cl. The van der Waals surface area contributed by atoms with Gasteiger partial charge in [0.1, 0.15) is 5.75 Å². The highest BCUT2D eigenvalue weighted by atomic mass is 35.5. The molecule has 0 saturated heterocycles. The molecule has 1 atom stereocenters. The number of carbonyl (C=O) groups is 2. The molecule has 0 aromatic heterocycles. The second kappa shape index (κ2) is 9.22. The number of hydrogen-bond donors (Lipinski definition) is 3. The monoisotopic (exact) mass is 375 g/mol. The summed E-state index contributed by atoms with van der Waals surface area (Å²) < 4.78 is 5.07. The molecule has 0 bridgehead atoms. The van der Waals surface area contributed by atoms with Crippen LogP contribution >= 0.6 is 12.4 Å². The molecular formula is C19H22ClN3O3. The summed E-state index contributed by atoms with van der Waals surface area (Å²) in [5, 5.41) is 8.63. The van der Waals surface area contributed by atoms with Crippen LogP contribution in [0.1, 0.15) is 11.1 Å². The minimum Gasteiger partial charge on any atom is -0.497 e. The van der Waals surface area contributed by atoms with Gasteiger partial charge in [0.05, 0.1) is 19.7 Å². The Labute approximate surface area is 158 Å². The lowest BCUT2D eigenvalue weighted by Gasteiger charge is -2.25. The molecule has 138 valence electrons. The third kappa shape index (κ3) is 4.97. The summed E-state index contributed by atoms with van der Waals surface area (Å²) in [6.07, 6.45) is 0.627. The number of hydrogen-bond acceptors (Lipinski definition) is 4. The number of nitrogens with one attached hydrogen (secondary N) is 3. The number of fused-ring (bicyclic) bond motifs is 1. The van der Waals surface area contributed by atoms with Gasteiger partial charge in [0.25, 0.3) is 0 Å². The zero-order chi connectivity index (χ0) is 17.6. The number of anilines is 1. The van der Waals surface area contributed by atoms with Crippen molar-refractivity contribution in [2.24, 2.45) is 0 Å². The van der Waals surface area contributed by atoms with Gasteiger partial charge in [-0.1, -0.05) is 24.3 Å². The molecule has 0 aliphatic carbocycles. The number of carbonyl (C=O) groups excluding carboxylic acids is 2. The molecule has 1 aliphatic heterocycles. The molecule has 0 spiro atoms. The normalized spacial score (nSPS) is 15.2. The van der Waals surface area contributed by atoms with Crippen LogP contribution in [0.2, 0.25) is 0 Å². The molecule has 2 amide bonds. The summed E-state index contributed by atoms with van der Waals surface area (Å²) in [4.78, 5) is 24.3. The van der Waals surface area contributed by atoms with E-state index in [1.54, 1.807) is 31.4 Å². The molecule has 0 unspecified atom stereocenters. The molecule has 0 radical (unpaired) electrons. The Morgan fingerprint density at radius 1 is 1.12 bits per heavy atom. The lowest BCUT2D eigenvalue weighted by atomic mass is 9.95. The van der Waals surface area contributed by atoms with Gasteiger partial charge in [0.15, 0.2) is 0 Å². The van der Waals surface area contributed by atoms with Gasteiger partial charge in [-0.2, -0.15) is 0 Å². The fourth-order valence-electron chi connectivity index (χ4n) is 2.81. The van der Waals surface area contributed by atoms with Crippen LogP contribution in [0.5, 0.6) is 5.75 Å². The molecule has 1 aliphatic rings. The molecule has 0 saturated carbocycles. The van der Waals surface area contributed by atoms with E-state index in [9.17, 15) is 9.59 Å². The van der Waals surface area contributed by atoms with E-state index in [2.05, 4.69) is 22.0 Å². The Balaban J connectivity index is 0.00000243. The molecule has 2 aromatic rings. The van der Waals surface area contributed by atoms with E-state index in [0.29, 0.717) is 18.7 Å². The second-order valence-electron chi connectivity index (χ2n) is 5.90. The number of ether oxygens (including phenoxy) is 1. The summed E-state index contributed by atoms with van der Waals surface area (Å²) in [6, 6.07) is 14.8. The van der Waals surface area contributed by atoms with E-state index < -0.39 is 0 Å². The molecule has 3 rings (SSSR count). The van der Waals surface area contributed by atoms with Crippen molar-refractivity contribution in [1.82, 2.24) is 10.6 Å². The highest BCUT2D eigenvalue weighted by Gasteiger charge is 2.23. The van der Waals surface area contributed by atoms with Crippen molar-refractivity contribution in [1.29, 1.82) is 0 Å². The van der Waals surface area contributed by atoms with Gasteiger partial charge in [-0.05, 0) is 41.8 Å². The van der Waals surface area contributed by atoms with E-state index in [1.807, 2.05) is 18.2 Å². The maximum atomic E-state index is 12.3. The van der Waals surface area contributed by atoms with Gasteiger partial charge in [-0.15, -0.1) is 12.4 Å². The van der Waals surface area contributed by atoms with Crippen molar-refractivity contribution < 1.29 is 14.3 Å². The molecule has 7 heteroatoms. The van der Waals surface area contributed by atoms with E-state index in [-0.39, 0.29) is 36.8 Å². The standard InChI is InChI=1S/C19H21N3O3.ClH/c1-25-16-8-6-15(7-9-16)22-18(23)12-21-19(24)17-10-13-4-2-3-5-14(13)11-20-17;/h2-9,17,20H,10-12H2,1H3,(H,21,24)(H,22,23);1H/t17-;/m0./s1. The predicted molar refractivity (Wildman–Crippen MR) is 103 cm³/mol. The Kier molecular flexibility index (Phi) is 7.00. The first-order valence-corrected chi connectivity index (χ1v) is 8.17. The minimum atomic E-state index is -0.316. The Bertz CT molecular complexity index is 765. The Morgan fingerprint density at radius 2 is 1.81 bits per heavy atom. The zero-order valence-electron chi connectivity index (χ0n) is 14.5. The van der Waals surface area contributed by atoms with E-state index in [4.69, 9.17) is 4.74 Å². The smallest absolute Gasteiger partial charge is 0.243 e. The van der Waals surface area contributed by atoms with Crippen molar-refractivity contribution >= 4 is 29.9 Å². The maximum absolute atomic E-state index is 12.3. The number of rotatable bonds is 5. The predicted octanol–water partition coefficient (Wildman–Crippen LogP) is 1.89. The topological polar surface area (TPSA) is 79.5 Å². The Morgan fingerprint density at radius 3 is 2.50 bits per heavy atom. The average Bonchev–Trinajstić information content (AvgIpc) is 2.66. The number of halogens is 1. The van der Waals surface area contributed by atoms with Crippen LogP contribution in [0.4, 0.5) is 5.69 Å². The second-order valence-corrected chi connectivity index (χ2v) is 5.90. The van der Waals surface area contributed by atoms with E-state index in [0.717, 1.165) is 5.75 Å². The zero-order valence-corrected chi connectivity index (χ0v) is 15.3. The average molecular weight is 376 g/mol. The largest absolute Gasteiger partial charge is 0.497 e. The molecule has 0 fully saturated rings. The fraction of sp³-hybridized carbons (Fsp3) is 0.263. The van der Waals surface area contributed by atoms with Crippen molar-refractivity contribution in [3.8, 4) is 5.75 Å². The van der Waals surface area contributed by atoms with Crippen LogP contribution < -0.4 is 20.7 Å². The van der Waals surface area contributed by atoms with Gasteiger partial charge in [0, 0.05) is 12.2 Å². The van der Waals surface area contributed by atoms with Gasteiger partial charge in [-0.3, -0.25) is 9.59 Å². The van der Waals surface area contributed by atoms with Crippen LogP contribution in [0.25, 0.3) is 0 Å². The van der Waals surface area contributed by atoms with Crippen LogP contribution in [-0.2, 0) is 22.6 Å². The summed E-state index contributed by atoms with van der Waals surface area (Å²) >= 11 is 0. The number of methoxy groups -OCH3 is 1. The third-order valence-electron chi connectivity index (χ3n) is 4.19. The lowest BCUT2D eigenvalue weighted by molar-refractivity contribution is -0.125. The number of amides is 2. The first kappa shape index (κ1) is 19.8. The molecule has 2 aromatic carbocycles. The van der Waals surface area contributed by atoms with Crippen molar-refractivity contribution in [2.45, 2.75) is 19.0 Å². The molecule has 1 heterocycles. The fourth-order valence-corrected chi connectivity index (χ4v) is 2.81. The van der Waals surface area contributed by atoms with Crippen LogP contribution in [0.3, 0.4) is 0 Å². The van der Waals surface area contributed by atoms with Crippen molar-refractivity contribution in [3.63, 3.8) is 0 Å². The quantitative estimate of drug-likeness (QED) is 0.745.